The molecule has 34 heavy (non-hydrogen) atoms. The summed E-state index contributed by atoms with van der Waals surface area (Å²) in [5, 5.41) is 7.43. The van der Waals surface area contributed by atoms with E-state index in [0.717, 1.165) is 46.9 Å². The van der Waals surface area contributed by atoms with Crippen LogP contribution in [0.1, 0.15) is 24.0 Å². The van der Waals surface area contributed by atoms with Crippen LogP contribution in [-0.4, -0.2) is 42.4 Å². The molecule has 8 heteroatoms. The number of nitrogens with two attached hydrogens (primary N) is 1. The summed E-state index contributed by atoms with van der Waals surface area (Å²) in [6.45, 7) is 2.50. The number of imidazole rings is 1. The van der Waals surface area contributed by atoms with Crippen molar-refractivity contribution in [2.45, 2.75) is 25.7 Å². The van der Waals surface area contributed by atoms with Crippen LogP contribution in [0.15, 0.2) is 67.1 Å². The molecule has 8 nitrogen and oxygen atoms in total. The number of aromatic nitrogens is 6. The maximum Gasteiger partial charge on any atom is 0.167 e. The van der Waals surface area contributed by atoms with Gasteiger partial charge in [-0.15, -0.1) is 0 Å². The maximum atomic E-state index is 6.22. The van der Waals surface area contributed by atoms with Crippen molar-refractivity contribution >= 4 is 17.0 Å². The number of rotatable bonds is 3. The van der Waals surface area contributed by atoms with Gasteiger partial charge in [-0.3, -0.25) is 4.57 Å². The van der Waals surface area contributed by atoms with Crippen molar-refractivity contribution in [3.63, 3.8) is 0 Å². The first-order valence-corrected chi connectivity index (χ1v) is 11.7. The zero-order valence-electron chi connectivity index (χ0n) is 18.9. The van der Waals surface area contributed by atoms with Crippen LogP contribution in [0.2, 0.25) is 0 Å². The molecule has 0 unspecified atom stereocenters. The van der Waals surface area contributed by atoms with Gasteiger partial charge < -0.3 is 11.1 Å². The second-order valence-electron chi connectivity index (χ2n) is 8.58. The summed E-state index contributed by atoms with van der Waals surface area (Å²) in [5.41, 5.74) is 12.4. The molecule has 0 spiro atoms. The minimum atomic E-state index is 0.447. The number of aryl methyl sites for hydroxylation is 2. The Labute approximate surface area is 197 Å². The number of hydrogen-bond donors (Lipinski definition) is 2. The lowest BCUT2D eigenvalue weighted by Crippen LogP contribution is -2.29. The molecule has 0 saturated carbocycles. The van der Waals surface area contributed by atoms with E-state index in [9.17, 15) is 0 Å². The van der Waals surface area contributed by atoms with Crippen molar-refractivity contribution in [1.29, 1.82) is 0 Å². The third-order valence-corrected chi connectivity index (χ3v) is 6.36. The average Bonchev–Trinajstić information content (AvgIpc) is 3.56. The van der Waals surface area contributed by atoms with E-state index in [0.29, 0.717) is 5.82 Å². The first kappa shape index (κ1) is 20.6. The van der Waals surface area contributed by atoms with E-state index in [-0.39, 0.29) is 0 Å². The summed E-state index contributed by atoms with van der Waals surface area (Å²) in [7, 11) is 0. The van der Waals surface area contributed by atoms with E-state index in [1.165, 1.54) is 37.1 Å². The summed E-state index contributed by atoms with van der Waals surface area (Å²) in [6.07, 6.45) is 10.1. The van der Waals surface area contributed by atoms with Crippen molar-refractivity contribution < 1.29 is 0 Å². The average molecular weight is 451 g/mol. The van der Waals surface area contributed by atoms with Crippen LogP contribution in [0.4, 0.5) is 5.82 Å². The highest BCUT2D eigenvalue weighted by Gasteiger charge is 2.20. The zero-order chi connectivity index (χ0) is 22.9. The summed E-state index contributed by atoms with van der Waals surface area (Å²) in [4.78, 5) is 14.1. The fourth-order valence-corrected chi connectivity index (χ4v) is 4.39. The molecule has 3 N–H and O–H groups in total. The Morgan fingerprint density at radius 2 is 1.74 bits per heavy atom. The van der Waals surface area contributed by atoms with Crippen LogP contribution < -0.4 is 11.1 Å². The lowest BCUT2D eigenvalue weighted by atomic mass is 10.1. The molecule has 2 aliphatic rings. The Kier molecular flexibility index (Phi) is 5.27. The van der Waals surface area contributed by atoms with E-state index in [1.54, 1.807) is 17.1 Å². The Bertz CT molecular complexity index is 1440. The highest BCUT2D eigenvalue weighted by atomic mass is 15.3. The third-order valence-electron chi connectivity index (χ3n) is 6.36. The molecular formula is C26H26N8. The molecule has 170 valence electrons. The molecule has 7 rings (SSSR count). The molecular weight excluding hydrogens is 424 g/mol. The first-order valence-electron chi connectivity index (χ1n) is 11.7. The highest BCUT2D eigenvalue weighted by molar-refractivity contribution is 5.83. The fraction of sp³-hybridized carbons (Fsp3) is 0.231. The van der Waals surface area contributed by atoms with Crippen LogP contribution in [0.3, 0.4) is 0 Å². The van der Waals surface area contributed by atoms with Gasteiger partial charge in [0.05, 0.1) is 5.56 Å². The number of pyridine rings is 2. The van der Waals surface area contributed by atoms with Gasteiger partial charge in [-0.25, -0.2) is 19.6 Å². The number of benzene rings is 1. The molecule has 1 saturated heterocycles. The minimum absolute atomic E-state index is 0.447. The third kappa shape index (κ3) is 3.72. The van der Waals surface area contributed by atoms with Gasteiger partial charge >= 0.3 is 0 Å². The van der Waals surface area contributed by atoms with E-state index < -0.39 is 0 Å². The number of fused-ring (bicyclic) bond motifs is 2. The van der Waals surface area contributed by atoms with E-state index in [1.807, 2.05) is 36.5 Å². The summed E-state index contributed by atoms with van der Waals surface area (Å²) in [5.74, 6) is 1.92. The number of nitrogens with zero attached hydrogens (tertiary/aromatic N) is 6. The van der Waals surface area contributed by atoms with E-state index in [2.05, 4.69) is 38.2 Å². The molecule has 5 aromatic rings. The predicted molar refractivity (Wildman–Crippen MR) is 133 cm³/mol. The van der Waals surface area contributed by atoms with Crippen molar-refractivity contribution in [1.82, 2.24) is 34.6 Å². The van der Waals surface area contributed by atoms with Gasteiger partial charge in [0.1, 0.15) is 11.3 Å². The van der Waals surface area contributed by atoms with Crippen molar-refractivity contribution in [2.24, 2.45) is 0 Å². The van der Waals surface area contributed by atoms with Crippen LogP contribution in [0, 0.1) is 0 Å². The standard InChI is InChI=1S/C23H19N7.C3H7N/c24-21-18(6-2-11-25-21)22-27-19-9-10-20(29-13-3-12-26-29)28-23(19)30(22)17-8-7-15-4-1-5-16(15)14-17;1-2-4-3-1/h2-3,6-14H,1,4-5H2,(H2,24,25);4H,1-3H2. The second-order valence-corrected chi connectivity index (χ2v) is 8.58. The van der Waals surface area contributed by atoms with Crippen molar-refractivity contribution in [2.75, 3.05) is 18.8 Å². The molecule has 0 amide bonds. The van der Waals surface area contributed by atoms with Gasteiger partial charge in [0.15, 0.2) is 17.3 Å². The number of hydrogen-bond acceptors (Lipinski definition) is 6. The van der Waals surface area contributed by atoms with E-state index in [4.69, 9.17) is 15.7 Å². The second kappa shape index (κ2) is 8.72. The number of anilines is 1. The van der Waals surface area contributed by atoms with Gasteiger partial charge in [-0.05, 0) is 92.4 Å². The topological polar surface area (TPSA) is 99.5 Å². The van der Waals surface area contributed by atoms with Crippen LogP contribution in [-0.2, 0) is 12.8 Å². The van der Waals surface area contributed by atoms with Crippen LogP contribution in [0.25, 0.3) is 34.1 Å². The molecule has 0 atom stereocenters. The molecule has 5 heterocycles. The molecule has 1 aromatic carbocycles. The van der Waals surface area contributed by atoms with Gasteiger partial charge in [0, 0.05) is 24.3 Å². The lowest BCUT2D eigenvalue weighted by Gasteiger charge is -2.12. The number of nitrogen functional groups attached to an aromatic ring is 1. The fourth-order valence-electron chi connectivity index (χ4n) is 4.39. The molecule has 1 fully saturated rings. The summed E-state index contributed by atoms with van der Waals surface area (Å²) in [6, 6.07) is 16.2. The lowest BCUT2D eigenvalue weighted by molar-refractivity contribution is 0.527. The SMILES string of the molecule is C1CNC1.Nc1ncccc1-c1nc2ccc(-n3cccn3)nc2n1-c1ccc2c(c1)CCC2. The molecule has 1 aliphatic carbocycles. The molecule has 0 bridgehead atoms. The largest absolute Gasteiger partial charge is 0.383 e. The Morgan fingerprint density at radius 3 is 2.50 bits per heavy atom. The Morgan fingerprint density at radius 1 is 0.882 bits per heavy atom. The molecule has 0 radical (unpaired) electrons. The van der Waals surface area contributed by atoms with Gasteiger partial charge in [0.2, 0.25) is 0 Å². The Hall–Kier alpha value is -4.04. The van der Waals surface area contributed by atoms with Gasteiger partial charge in [-0.2, -0.15) is 5.10 Å². The monoisotopic (exact) mass is 450 g/mol. The quantitative estimate of drug-likeness (QED) is 0.435. The van der Waals surface area contributed by atoms with Crippen molar-refractivity contribution in [3.05, 3.63) is 78.2 Å². The van der Waals surface area contributed by atoms with Crippen LogP contribution in [0.5, 0.6) is 0 Å². The molecule has 1 aliphatic heterocycles. The van der Waals surface area contributed by atoms with Crippen molar-refractivity contribution in [3.8, 4) is 22.9 Å². The number of nitrogens with one attached hydrogen (secondary N) is 1. The maximum absolute atomic E-state index is 6.22. The zero-order valence-corrected chi connectivity index (χ0v) is 18.9. The minimum Gasteiger partial charge on any atom is -0.383 e. The van der Waals surface area contributed by atoms with E-state index >= 15 is 0 Å². The highest BCUT2D eigenvalue weighted by Crippen LogP contribution is 2.32. The van der Waals surface area contributed by atoms with Gasteiger partial charge in [-0.1, -0.05) is 6.07 Å². The summed E-state index contributed by atoms with van der Waals surface area (Å²) < 4.78 is 3.83. The van der Waals surface area contributed by atoms with Crippen LogP contribution >= 0.6 is 0 Å². The predicted octanol–water partition coefficient (Wildman–Crippen LogP) is 3.72. The van der Waals surface area contributed by atoms with Gasteiger partial charge in [0.25, 0.3) is 0 Å². The molecule has 4 aromatic heterocycles. The summed E-state index contributed by atoms with van der Waals surface area (Å²) >= 11 is 0. The normalized spacial score (nSPS) is 14.4. The Balaban J connectivity index is 0.000000495. The smallest absolute Gasteiger partial charge is 0.167 e. The first-order chi connectivity index (χ1) is 16.8.